The van der Waals surface area contributed by atoms with Crippen LogP contribution in [0.2, 0.25) is 0 Å². The summed E-state index contributed by atoms with van der Waals surface area (Å²) < 4.78 is 15.4. The first kappa shape index (κ1) is 19.4. The van der Waals surface area contributed by atoms with Gasteiger partial charge in [-0.2, -0.15) is 5.10 Å². The number of benzene rings is 1. The Bertz CT molecular complexity index is 741. The van der Waals surface area contributed by atoms with E-state index in [1.807, 2.05) is 26.8 Å². The van der Waals surface area contributed by atoms with Crippen molar-refractivity contribution >= 4 is 18.3 Å². The molecule has 7 heteroatoms. The Morgan fingerprint density at radius 1 is 1.36 bits per heavy atom. The second-order valence-electron chi connectivity index (χ2n) is 7.12. The molecule has 1 aromatic heterocycles. The standard InChI is InChI=1S/C18H23FN4O.ClH/c1-18(2,3)23-12-14(10-21-23)17(24)22-8-7-20-11-16(22)13-5-4-6-15(19)9-13;/h4-6,9-10,12,16,20H,7-8,11H2,1-3H3;1H. The molecule has 2 aromatic rings. The fourth-order valence-corrected chi connectivity index (χ4v) is 2.92. The van der Waals surface area contributed by atoms with Crippen molar-refractivity contribution < 1.29 is 9.18 Å². The molecule has 0 saturated carbocycles. The summed E-state index contributed by atoms with van der Waals surface area (Å²) >= 11 is 0. The van der Waals surface area contributed by atoms with E-state index >= 15 is 0 Å². The van der Waals surface area contributed by atoms with Crippen LogP contribution in [0, 0.1) is 5.82 Å². The third kappa shape index (κ3) is 4.19. The van der Waals surface area contributed by atoms with Crippen molar-refractivity contribution in [1.82, 2.24) is 20.0 Å². The molecule has 1 atom stereocenters. The van der Waals surface area contributed by atoms with Gasteiger partial charge in [-0.25, -0.2) is 4.39 Å². The summed E-state index contributed by atoms with van der Waals surface area (Å²) in [7, 11) is 0. The molecule has 0 aliphatic carbocycles. The number of nitrogens with zero attached hydrogens (tertiary/aromatic N) is 3. The Kier molecular flexibility index (Phi) is 5.85. The van der Waals surface area contributed by atoms with E-state index in [2.05, 4.69) is 10.4 Å². The van der Waals surface area contributed by atoms with Crippen LogP contribution < -0.4 is 5.32 Å². The number of aromatic nitrogens is 2. The minimum atomic E-state index is -0.286. The monoisotopic (exact) mass is 366 g/mol. The highest BCUT2D eigenvalue weighted by atomic mass is 35.5. The van der Waals surface area contributed by atoms with Crippen LogP contribution in [0.3, 0.4) is 0 Å². The lowest BCUT2D eigenvalue weighted by molar-refractivity contribution is 0.0633. The minimum Gasteiger partial charge on any atom is -0.329 e. The maximum absolute atomic E-state index is 13.6. The largest absolute Gasteiger partial charge is 0.329 e. The number of hydrogen-bond donors (Lipinski definition) is 1. The summed E-state index contributed by atoms with van der Waals surface area (Å²) in [5, 5.41) is 7.59. The molecule has 1 saturated heterocycles. The van der Waals surface area contributed by atoms with E-state index in [0.717, 1.165) is 12.1 Å². The van der Waals surface area contributed by atoms with Gasteiger partial charge >= 0.3 is 0 Å². The predicted octanol–water partition coefficient (Wildman–Crippen LogP) is 2.99. The van der Waals surface area contributed by atoms with Gasteiger partial charge in [-0.1, -0.05) is 12.1 Å². The predicted molar refractivity (Wildman–Crippen MR) is 97.5 cm³/mol. The smallest absolute Gasteiger partial charge is 0.257 e. The van der Waals surface area contributed by atoms with Crippen LogP contribution in [0.4, 0.5) is 4.39 Å². The zero-order valence-electron chi connectivity index (χ0n) is 14.7. The van der Waals surface area contributed by atoms with Gasteiger partial charge in [-0.3, -0.25) is 9.48 Å². The highest BCUT2D eigenvalue weighted by molar-refractivity contribution is 5.94. The molecule has 0 spiro atoms. The lowest BCUT2D eigenvalue weighted by Crippen LogP contribution is -2.48. The maximum atomic E-state index is 13.6. The van der Waals surface area contributed by atoms with Crippen molar-refractivity contribution in [2.75, 3.05) is 19.6 Å². The van der Waals surface area contributed by atoms with Crippen LogP contribution in [0.5, 0.6) is 0 Å². The SMILES string of the molecule is CC(C)(C)n1cc(C(=O)N2CCNCC2c2cccc(F)c2)cn1.Cl. The molecule has 1 aliphatic rings. The Hall–Kier alpha value is -1.92. The first-order chi connectivity index (χ1) is 11.4. The molecule has 136 valence electrons. The summed E-state index contributed by atoms with van der Waals surface area (Å²) in [4.78, 5) is 14.8. The van der Waals surface area contributed by atoms with E-state index in [1.54, 1.807) is 28.0 Å². The number of piperazine rings is 1. The lowest BCUT2D eigenvalue weighted by atomic mass is 10.0. The van der Waals surface area contributed by atoms with Gasteiger partial charge in [0.25, 0.3) is 5.91 Å². The molecule has 1 N–H and O–H groups in total. The first-order valence-corrected chi connectivity index (χ1v) is 8.18. The number of hydrogen-bond acceptors (Lipinski definition) is 3. The summed E-state index contributed by atoms with van der Waals surface area (Å²) in [6, 6.07) is 6.27. The lowest BCUT2D eigenvalue weighted by Gasteiger charge is -2.36. The van der Waals surface area contributed by atoms with Crippen LogP contribution >= 0.6 is 12.4 Å². The average Bonchev–Trinajstić information content (AvgIpc) is 3.04. The number of amides is 1. The molecule has 1 amide bonds. The van der Waals surface area contributed by atoms with Crippen molar-refractivity contribution in [3.8, 4) is 0 Å². The summed E-state index contributed by atoms with van der Waals surface area (Å²) in [5.41, 5.74) is 1.19. The van der Waals surface area contributed by atoms with Crippen molar-refractivity contribution in [3.05, 3.63) is 53.6 Å². The number of halogens is 2. The van der Waals surface area contributed by atoms with Gasteiger partial charge in [-0.15, -0.1) is 12.4 Å². The van der Waals surface area contributed by atoms with E-state index in [9.17, 15) is 9.18 Å². The van der Waals surface area contributed by atoms with E-state index in [1.165, 1.54) is 12.1 Å². The second-order valence-corrected chi connectivity index (χ2v) is 7.12. The van der Waals surface area contributed by atoms with Gasteiger partial charge < -0.3 is 10.2 Å². The molecular weight excluding hydrogens is 343 g/mol. The molecule has 1 fully saturated rings. The quantitative estimate of drug-likeness (QED) is 0.889. The Morgan fingerprint density at radius 2 is 2.12 bits per heavy atom. The van der Waals surface area contributed by atoms with Crippen LogP contribution in [-0.4, -0.2) is 40.2 Å². The van der Waals surface area contributed by atoms with E-state index in [4.69, 9.17) is 0 Å². The summed E-state index contributed by atoms with van der Waals surface area (Å²) in [6.07, 6.45) is 3.39. The van der Waals surface area contributed by atoms with Gasteiger partial charge in [0.05, 0.1) is 23.3 Å². The van der Waals surface area contributed by atoms with E-state index in [-0.39, 0.29) is 35.7 Å². The number of rotatable bonds is 2. The molecule has 2 heterocycles. The third-order valence-corrected chi connectivity index (χ3v) is 4.25. The van der Waals surface area contributed by atoms with Crippen molar-refractivity contribution in [2.45, 2.75) is 32.4 Å². The van der Waals surface area contributed by atoms with Crippen molar-refractivity contribution in [3.63, 3.8) is 0 Å². The van der Waals surface area contributed by atoms with Crippen LogP contribution in [-0.2, 0) is 5.54 Å². The Morgan fingerprint density at radius 3 is 2.76 bits per heavy atom. The van der Waals surface area contributed by atoms with Crippen LogP contribution in [0.25, 0.3) is 0 Å². The number of nitrogens with one attached hydrogen (secondary N) is 1. The molecule has 5 nitrogen and oxygen atoms in total. The second kappa shape index (κ2) is 7.54. The number of carbonyl (C=O) groups excluding carboxylic acids is 1. The summed E-state index contributed by atoms with van der Waals surface area (Å²) in [5.74, 6) is -0.354. The van der Waals surface area contributed by atoms with Gasteiger partial charge in [0.2, 0.25) is 0 Å². The minimum absolute atomic E-state index is 0. The van der Waals surface area contributed by atoms with Gasteiger partial charge in [0.15, 0.2) is 0 Å². The Labute approximate surface area is 153 Å². The highest BCUT2D eigenvalue weighted by Gasteiger charge is 2.30. The van der Waals surface area contributed by atoms with Crippen molar-refractivity contribution in [2.24, 2.45) is 0 Å². The normalized spacial score (nSPS) is 17.9. The van der Waals surface area contributed by atoms with Crippen molar-refractivity contribution in [1.29, 1.82) is 0 Å². The van der Waals surface area contributed by atoms with Crippen LogP contribution in [0.15, 0.2) is 36.7 Å². The van der Waals surface area contributed by atoms with Gasteiger partial charge in [0, 0.05) is 25.8 Å². The fraction of sp³-hybridized carbons (Fsp3) is 0.444. The van der Waals surface area contributed by atoms with Crippen LogP contribution in [0.1, 0.15) is 42.7 Å². The highest BCUT2D eigenvalue weighted by Crippen LogP contribution is 2.25. The van der Waals surface area contributed by atoms with E-state index in [0.29, 0.717) is 18.7 Å². The van der Waals surface area contributed by atoms with E-state index < -0.39 is 0 Å². The zero-order valence-corrected chi connectivity index (χ0v) is 15.5. The van der Waals surface area contributed by atoms with Gasteiger partial charge in [0.1, 0.15) is 5.82 Å². The number of carbonyl (C=O) groups is 1. The fourth-order valence-electron chi connectivity index (χ4n) is 2.92. The molecule has 1 unspecified atom stereocenters. The zero-order chi connectivity index (χ0) is 17.3. The average molecular weight is 367 g/mol. The molecule has 0 bridgehead atoms. The molecule has 0 radical (unpaired) electrons. The first-order valence-electron chi connectivity index (χ1n) is 8.18. The Balaban J connectivity index is 0.00000225. The molecular formula is C18H24ClFN4O. The van der Waals surface area contributed by atoms with Gasteiger partial charge in [-0.05, 0) is 38.5 Å². The molecule has 3 rings (SSSR count). The summed E-state index contributed by atoms with van der Waals surface area (Å²) in [6.45, 7) is 8.03. The maximum Gasteiger partial charge on any atom is 0.257 e. The molecule has 1 aromatic carbocycles. The molecule has 1 aliphatic heterocycles. The molecule has 25 heavy (non-hydrogen) atoms. The topological polar surface area (TPSA) is 50.2 Å². The third-order valence-electron chi connectivity index (χ3n) is 4.25.